The maximum Gasteiger partial charge on any atom is 0.233 e. The summed E-state index contributed by atoms with van der Waals surface area (Å²) in [7, 11) is 1.70. The minimum Gasteiger partial charge on any atom is -0.383 e. The van der Waals surface area contributed by atoms with E-state index in [1.54, 1.807) is 29.8 Å². The number of benzene rings is 1. The van der Waals surface area contributed by atoms with Crippen LogP contribution in [0, 0.1) is 0 Å². The van der Waals surface area contributed by atoms with E-state index in [1.165, 1.54) is 27.1 Å². The lowest BCUT2D eigenvalue weighted by Crippen LogP contribution is -2.40. The van der Waals surface area contributed by atoms with Crippen molar-refractivity contribution in [1.29, 1.82) is 0 Å². The lowest BCUT2D eigenvalue weighted by Gasteiger charge is -2.35. The van der Waals surface area contributed by atoms with Crippen molar-refractivity contribution in [2.24, 2.45) is 0 Å². The molecule has 0 bridgehead atoms. The van der Waals surface area contributed by atoms with Gasteiger partial charge in [-0.1, -0.05) is 30.0 Å². The number of ether oxygens (including phenoxy) is 1. The molecule has 31 heavy (non-hydrogen) atoms. The topological polar surface area (TPSA) is 47.4 Å². The Labute approximate surface area is 193 Å². The second-order valence-electron chi connectivity index (χ2n) is 7.37. The number of nitrogens with zero attached hydrogens (tertiary/aromatic N) is 3. The van der Waals surface area contributed by atoms with Gasteiger partial charge in [-0.05, 0) is 47.0 Å². The van der Waals surface area contributed by atoms with E-state index in [9.17, 15) is 4.79 Å². The molecule has 1 aliphatic heterocycles. The van der Waals surface area contributed by atoms with Gasteiger partial charge in [-0.3, -0.25) is 4.79 Å². The maximum atomic E-state index is 13.4. The fourth-order valence-corrected chi connectivity index (χ4v) is 6.80. The Morgan fingerprint density at radius 3 is 2.94 bits per heavy atom. The molecule has 1 amide bonds. The highest BCUT2D eigenvalue weighted by Gasteiger charge is 2.33. The number of para-hydroxylation sites is 2. The molecule has 0 saturated heterocycles. The summed E-state index contributed by atoms with van der Waals surface area (Å²) >= 11 is 5.04. The number of carbonyl (C=O) groups excluding carboxylic acids is 1. The van der Waals surface area contributed by atoms with Crippen LogP contribution in [-0.4, -0.2) is 46.4 Å². The fourth-order valence-electron chi connectivity index (χ4n) is 4.11. The van der Waals surface area contributed by atoms with Gasteiger partial charge in [0, 0.05) is 30.0 Å². The maximum absolute atomic E-state index is 13.4. The molecule has 0 aliphatic carbocycles. The van der Waals surface area contributed by atoms with Crippen LogP contribution in [0.3, 0.4) is 0 Å². The molecule has 5 rings (SSSR count). The quantitative estimate of drug-likeness (QED) is 0.355. The number of thiophene rings is 2. The molecular formula is C23H23N3O2S3. The van der Waals surface area contributed by atoms with Crippen molar-refractivity contribution in [2.45, 2.75) is 24.2 Å². The Bertz CT molecular complexity index is 1180. The predicted molar refractivity (Wildman–Crippen MR) is 128 cm³/mol. The average molecular weight is 470 g/mol. The third-order valence-corrected chi connectivity index (χ3v) is 8.44. The fraction of sp³-hybridized carbons (Fsp3) is 0.304. The Hall–Kier alpha value is -2.13. The first-order valence-electron chi connectivity index (χ1n) is 10.2. The Kier molecular flexibility index (Phi) is 6.13. The number of methoxy groups -OCH3 is 1. The molecule has 0 N–H and O–H groups in total. The average Bonchev–Trinajstić information content (AvgIpc) is 3.55. The molecule has 0 radical (unpaired) electrons. The van der Waals surface area contributed by atoms with Gasteiger partial charge in [-0.25, -0.2) is 4.98 Å². The van der Waals surface area contributed by atoms with Crippen molar-refractivity contribution in [3.63, 3.8) is 0 Å². The van der Waals surface area contributed by atoms with E-state index in [-0.39, 0.29) is 11.9 Å². The van der Waals surface area contributed by atoms with Gasteiger partial charge >= 0.3 is 0 Å². The van der Waals surface area contributed by atoms with E-state index in [1.807, 2.05) is 18.2 Å². The molecule has 4 aromatic rings. The number of aromatic nitrogens is 2. The number of amides is 1. The summed E-state index contributed by atoms with van der Waals surface area (Å²) in [5.41, 5.74) is 3.31. The zero-order chi connectivity index (χ0) is 21.2. The van der Waals surface area contributed by atoms with Crippen molar-refractivity contribution in [1.82, 2.24) is 14.5 Å². The van der Waals surface area contributed by atoms with E-state index in [4.69, 9.17) is 9.72 Å². The summed E-state index contributed by atoms with van der Waals surface area (Å²) in [5.74, 6) is 0.531. The molecule has 1 aliphatic rings. The van der Waals surface area contributed by atoms with Crippen LogP contribution in [0.2, 0.25) is 0 Å². The molecule has 0 fully saturated rings. The summed E-state index contributed by atoms with van der Waals surface area (Å²) in [6.45, 7) is 2.08. The number of hydrogen-bond donors (Lipinski definition) is 0. The minimum atomic E-state index is 0.0235. The van der Waals surface area contributed by atoms with E-state index in [0.29, 0.717) is 18.9 Å². The number of fused-ring (bicyclic) bond motifs is 2. The van der Waals surface area contributed by atoms with Gasteiger partial charge in [0.2, 0.25) is 5.91 Å². The summed E-state index contributed by atoms with van der Waals surface area (Å²) in [5, 5.41) is 5.10. The van der Waals surface area contributed by atoms with Gasteiger partial charge < -0.3 is 14.2 Å². The van der Waals surface area contributed by atoms with Crippen LogP contribution in [0.15, 0.2) is 58.4 Å². The normalized spacial score (nSPS) is 16.0. The zero-order valence-corrected chi connectivity index (χ0v) is 19.6. The first-order valence-corrected chi connectivity index (χ1v) is 13.0. The third kappa shape index (κ3) is 4.05. The molecule has 5 nitrogen and oxygen atoms in total. The Morgan fingerprint density at radius 1 is 1.19 bits per heavy atom. The number of rotatable bonds is 7. The second-order valence-corrected chi connectivity index (χ2v) is 10.3. The second kappa shape index (κ2) is 9.16. The standard InChI is InChI=1S/C23H23N3O2S3/c1-28-12-11-25-18-6-3-2-5-17(18)24-23(25)31-15-21(27)26-10-8-19-16(9-14-30-19)22(26)20-7-4-13-29-20/h2-7,9,13-14,22H,8,10-12,15H2,1H3/t22-/m1/s1. The highest BCUT2D eigenvalue weighted by atomic mass is 32.2. The van der Waals surface area contributed by atoms with Gasteiger partial charge in [-0.15, -0.1) is 22.7 Å². The van der Waals surface area contributed by atoms with Crippen LogP contribution >= 0.6 is 34.4 Å². The van der Waals surface area contributed by atoms with Crippen molar-refractivity contribution in [2.75, 3.05) is 26.0 Å². The smallest absolute Gasteiger partial charge is 0.233 e. The lowest BCUT2D eigenvalue weighted by atomic mass is 9.98. The van der Waals surface area contributed by atoms with Crippen LogP contribution in [0.25, 0.3) is 11.0 Å². The SMILES string of the molecule is COCCn1c(SCC(=O)N2CCc3sccc3[C@@H]2c2cccs2)nc2ccccc21. The van der Waals surface area contributed by atoms with Gasteiger partial charge in [-0.2, -0.15) is 0 Å². The summed E-state index contributed by atoms with van der Waals surface area (Å²) in [6.07, 6.45) is 0.928. The number of carbonyl (C=O) groups is 1. The zero-order valence-electron chi connectivity index (χ0n) is 17.2. The molecule has 0 unspecified atom stereocenters. The highest BCUT2D eigenvalue weighted by Crippen LogP contribution is 2.40. The predicted octanol–water partition coefficient (Wildman–Crippen LogP) is 5.07. The van der Waals surface area contributed by atoms with Crippen molar-refractivity contribution >= 4 is 51.4 Å². The van der Waals surface area contributed by atoms with Crippen LogP contribution in [0.4, 0.5) is 0 Å². The lowest BCUT2D eigenvalue weighted by molar-refractivity contribution is -0.130. The van der Waals surface area contributed by atoms with E-state index in [0.717, 1.165) is 29.2 Å². The van der Waals surface area contributed by atoms with Gasteiger partial charge in [0.05, 0.1) is 29.4 Å². The minimum absolute atomic E-state index is 0.0235. The summed E-state index contributed by atoms with van der Waals surface area (Å²) in [4.78, 5) is 22.9. The van der Waals surface area contributed by atoms with Crippen LogP contribution in [0.5, 0.6) is 0 Å². The Balaban J connectivity index is 1.38. The van der Waals surface area contributed by atoms with E-state index < -0.39 is 0 Å². The van der Waals surface area contributed by atoms with Crippen molar-refractivity contribution in [3.05, 3.63) is 68.5 Å². The van der Waals surface area contributed by atoms with Crippen molar-refractivity contribution < 1.29 is 9.53 Å². The first-order chi connectivity index (χ1) is 15.3. The molecule has 1 aromatic carbocycles. The molecule has 4 heterocycles. The van der Waals surface area contributed by atoms with E-state index >= 15 is 0 Å². The number of imidazole rings is 1. The molecule has 8 heteroatoms. The summed E-state index contributed by atoms with van der Waals surface area (Å²) in [6, 6.07) is 14.5. The molecule has 1 atom stereocenters. The van der Waals surface area contributed by atoms with Crippen LogP contribution in [0.1, 0.15) is 21.4 Å². The highest BCUT2D eigenvalue weighted by molar-refractivity contribution is 7.99. The monoisotopic (exact) mass is 469 g/mol. The molecule has 3 aromatic heterocycles. The van der Waals surface area contributed by atoms with Gasteiger partial charge in [0.1, 0.15) is 0 Å². The number of hydrogen-bond acceptors (Lipinski definition) is 6. The van der Waals surface area contributed by atoms with Gasteiger partial charge in [0.15, 0.2) is 5.16 Å². The van der Waals surface area contributed by atoms with Gasteiger partial charge in [0.25, 0.3) is 0 Å². The number of thioether (sulfide) groups is 1. The molecular weight excluding hydrogens is 446 g/mol. The van der Waals surface area contributed by atoms with Crippen molar-refractivity contribution in [3.8, 4) is 0 Å². The molecule has 0 saturated carbocycles. The summed E-state index contributed by atoms with van der Waals surface area (Å²) < 4.78 is 7.44. The third-order valence-electron chi connectivity index (χ3n) is 5.56. The molecule has 0 spiro atoms. The Morgan fingerprint density at radius 2 is 2.10 bits per heavy atom. The van der Waals surface area contributed by atoms with E-state index in [2.05, 4.69) is 44.5 Å². The largest absolute Gasteiger partial charge is 0.383 e. The molecule has 160 valence electrons. The first kappa shape index (κ1) is 20.8. The van der Waals surface area contributed by atoms with Crippen LogP contribution in [-0.2, 0) is 22.5 Å². The van der Waals surface area contributed by atoms with Crippen LogP contribution < -0.4 is 0 Å².